The summed E-state index contributed by atoms with van der Waals surface area (Å²) in [5.41, 5.74) is -0.826. The lowest BCUT2D eigenvalue weighted by Crippen LogP contribution is -2.26. The second-order valence-electron chi connectivity index (χ2n) is 4.89. The van der Waals surface area contributed by atoms with Crippen LogP contribution >= 0.6 is 0 Å². The van der Waals surface area contributed by atoms with Crippen LogP contribution in [0.3, 0.4) is 0 Å². The van der Waals surface area contributed by atoms with E-state index in [1.165, 1.54) is 25.3 Å². The van der Waals surface area contributed by atoms with Gasteiger partial charge in [-0.15, -0.1) is 0 Å². The third-order valence-corrected chi connectivity index (χ3v) is 2.12. The number of carbonyl (C=O) groups excluding carboxylic acids is 3. The van der Waals surface area contributed by atoms with Gasteiger partial charge in [-0.05, 0) is 32.9 Å². The Kier molecular flexibility index (Phi) is 4.85. The van der Waals surface area contributed by atoms with Crippen LogP contribution in [0.1, 0.15) is 41.5 Å². The zero-order valence-corrected chi connectivity index (χ0v) is 11.8. The van der Waals surface area contributed by atoms with Gasteiger partial charge in [0, 0.05) is 0 Å². The van der Waals surface area contributed by atoms with Crippen LogP contribution in [0.4, 0.5) is 4.79 Å². The minimum Gasteiger partial charge on any atom is -0.465 e. The molecule has 0 spiro atoms. The maximum absolute atomic E-state index is 11.9. The topological polar surface area (TPSA) is 78.9 Å². The van der Waals surface area contributed by atoms with E-state index < -0.39 is 23.7 Å². The van der Waals surface area contributed by atoms with Gasteiger partial charge in [-0.25, -0.2) is 14.4 Å². The van der Waals surface area contributed by atoms with Crippen molar-refractivity contribution < 1.29 is 28.6 Å². The van der Waals surface area contributed by atoms with Gasteiger partial charge in [0.2, 0.25) is 0 Å². The van der Waals surface area contributed by atoms with E-state index >= 15 is 0 Å². The quantitative estimate of drug-likeness (QED) is 0.612. The fourth-order valence-corrected chi connectivity index (χ4v) is 1.35. The number of esters is 2. The highest BCUT2D eigenvalue weighted by atomic mass is 16.7. The number of carbonyl (C=O) groups is 3. The van der Waals surface area contributed by atoms with Crippen molar-refractivity contribution in [3.05, 3.63) is 35.4 Å². The summed E-state index contributed by atoms with van der Waals surface area (Å²) in [5, 5.41) is 0. The molecule has 0 aliphatic rings. The molecule has 0 amide bonds. The summed E-state index contributed by atoms with van der Waals surface area (Å²) >= 11 is 0. The second kappa shape index (κ2) is 6.18. The number of methoxy groups -OCH3 is 1. The first kappa shape index (κ1) is 15.7. The lowest BCUT2D eigenvalue weighted by atomic mass is 10.1. The molecule has 108 valence electrons. The Balaban J connectivity index is 2.88. The summed E-state index contributed by atoms with van der Waals surface area (Å²) in [6.45, 7) is 4.92. The van der Waals surface area contributed by atoms with E-state index in [1.807, 2.05) is 0 Å². The van der Waals surface area contributed by atoms with Gasteiger partial charge in [0.05, 0.1) is 18.2 Å². The average Bonchev–Trinajstić information content (AvgIpc) is 2.35. The number of benzene rings is 1. The van der Waals surface area contributed by atoms with Crippen LogP contribution in [0.25, 0.3) is 0 Å². The molecule has 20 heavy (non-hydrogen) atoms. The first-order valence-corrected chi connectivity index (χ1v) is 5.87. The van der Waals surface area contributed by atoms with E-state index in [9.17, 15) is 14.4 Å². The van der Waals surface area contributed by atoms with E-state index in [-0.39, 0.29) is 11.1 Å². The molecule has 0 bridgehead atoms. The van der Waals surface area contributed by atoms with Gasteiger partial charge in [0.25, 0.3) is 0 Å². The van der Waals surface area contributed by atoms with Crippen molar-refractivity contribution >= 4 is 18.1 Å². The smallest absolute Gasteiger partial charge is 0.465 e. The molecule has 0 saturated carbocycles. The molecule has 0 heterocycles. The normalized spacial score (nSPS) is 10.6. The Hall–Kier alpha value is -2.37. The van der Waals surface area contributed by atoms with Gasteiger partial charge in [-0.3, -0.25) is 0 Å². The summed E-state index contributed by atoms with van der Waals surface area (Å²) in [4.78, 5) is 34.8. The van der Waals surface area contributed by atoms with Crippen molar-refractivity contribution in [3.63, 3.8) is 0 Å². The molecule has 0 atom stereocenters. The first-order valence-electron chi connectivity index (χ1n) is 5.87. The van der Waals surface area contributed by atoms with Crippen molar-refractivity contribution in [2.75, 3.05) is 7.11 Å². The van der Waals surface area contributed by atoms with Crippen LogP contribution < -0.4 is 0 Å². The van der Waals surface area contributed by atoms with Crippen LogP contribution in [0, 0.1) is 0 Å². The second-order valence-corrected chi connectivity index (χ2v) is 4.89. The van der Waals surface area contributed by atoms with Gasteiger partial charge < -0.3 is 14.2 Å². The number of hydrogen-bond acceptors (Lipinski definition) is 6. The maximum Gasteiger partial charge on any atom is 0.516 e. The predicted molar refractivity (Wildman–Crippen MR) is 69.4 cm³/mol. The molecule has 0 saturated heterocycles. The van der Waals surface area contributed by atoms with Crippen molar-refractivity contribution in [3.8, 4) is 0 Å². The van der Waals surface area contributed by atoms with Crippen LogP contribution in [0.5, 0.6) is 0 Å². The Bertz CT molecular complexity index is 527. The number of rotatable bonds is 2. The third kappa shape index (κ3) is 4.38. The molecular formula is C14H16O6. The van der Waals surface area contributed by atoms with Gasteiger partial charge >= 0.3 is 18.1 Å². The lowest BCUT2D eigenvalue weighted by Gasteiger charge is -2.18. The first-order chi connectivity index (χ1) is 9.24. The van der Waals surface area contributed by atoms with E-state index in [2.05, 4.69) is 9.47 Å². The fourth-order valence-electron chi connectivity index (χ4n) is 1.35. The Morgan fingerprint density at radius 2 is 1.45 bits per heavy atom. The Labute approximate surface area is 116 Å². The largest absolute Gasteiger partial charge is 0.516 e. The monoisotopic (exact) mass is 280 g/mol. The zero-order valence-electron chi connectivity index (χ0n) is 11.8. The highest BCUT2D eigenvalue weighted by molar-refractivity contribution is 6.05. The molecule has 1 aromatic rings. The summed E-state index contributed by atoms with van der Waals surface area (Å²) in [6.07, 6.45) is -1.12. The molecular weight excluding hydrogens is 264 g/mol. The van der Waals surface area contributed by atoms with E-state index in [0.717, 1.165) is 0 Å². The standard InChI is InChI=1S/C14H16O6/c1-14(2,3)20-13(17)19-12(16)10-8-6-5-7-9(10)11(15)18-4/h5-8H,1-4H3. The zero-order chi connectivity index (χ0) is 15.3. The summed E-state index contributed by atoms with van der Waals surface area (Å²) < 4.78 is 13.9. The summed E-state index contributed by atoms with van der Waals surface area (Å²) in [5.74, 6) is -1.66. The number of hydrogen-bond donors (Lipinski definition) is 0. The van der Waals surface area contributed by atoms with Gasteiger partial charge in [0.1, 0.15) is 5.60 Å². The van der Waals surface area contributed by atoms with Crippen LogP contribution in [-0.2, 0) is 14.2 Å². The molecule has 0 unspecified atom stereocenters. The third-order valence-electron chi connectivity index (χ3n) is 2.12. The van der Waals surface area contributed by atoms with Crippen molar-refractivity contribution in [1.82, 2.24) is 0 Å². The summed E-state index contributed by atoms with van der Waals surface area (Å²) in [6, 6.07) is 5.87. The molecule has 0 fully saturated rings. The highest BCUT2D eigenvalue weighted by Gasteiger charge is 2.24. The SMILES string of the molecule is COC(=O)c1ccccc1C(=O)OC(=O)OC(C)(C)C. The number of ether oxygens (including phenoxy) is 3. The van der Waals surface area contributed by atoms with Gasteiger partial charge in [0.15, 0.2) is 0 Å². The molecule has 0 aliphatic carbocycles. The average molecular weight is 280 g/mol. The molecule has 1 aromatic carbocycles. The minimum atomic E-state index is -1.12. The lowest BCUT2D eigenvalue weighted by molar-refractivity contribution is -0.00176. The van der Waals surface area contributed by atoms with Crippen molar-refractivity contribution in [2.24, 2.45) is 0 Å². The van der Waals surface area contributed by atoms with Crippen molar-refractivity contribution in [1.29, 1.82) is 0 Å². The Morgan fingerprint density at radius 1 is 0.950 bits per heavy atom. The molecule has 1 rings (SSSR count). The van der Waals surface area contributed by atoms with E-state index in [4.69, 9.17) is 4.74 Å². The maximum atomic E-state index is 11.9. The van der Waals surface area contributed by atoms with E-state index in [1.54, 1.807) is 26.8 Å². The van der Waals surface area contributed by atoms with E-state index in [0.29, 0.717) is 0 Å². The fraction of sp³-hybridized carbons (Fsp3) is 0.357. The molecule has 0 radical (unpaired) electrons. The highest BCUT2D eigenvalue weighted by Crippen LogP contribution is 2.14. The molecule has 0 N–H and O–H groups in total. The van der Waals surface area contributed by atoms with Gasteiger partial charge in [-0.1, -0.05) is 12.1 Å². The van der Waals surface area contributed by atoms with Crippen LogP contribution in [0.15, 0.2) is 24.3 Å². The van der Waals surface area contributed by atoms with Crippen LogP contribution in [0.2, 0.25) is 0 Å². The van der Waals surface area contributed by atoms with Crippen molar-refractivity contribution in [2.45, 2.75) is 26.4 Å². The molecule has 6 nitrogen and oxygen atoms in total. The molecule has 6 heteroatoms. The van der Waals surface area contributed by atoms with Gasteiger partial charge in [-0.2, -0.15) is 0 Å². The Morgan fingerprint density at radius 3 is 1.90 bits per heavy atom. The molecule has 0 aliphatic heterocycles. The minimum absolute atomic E-state index is 0.0172. The predicted octanol–water partition coefficient (Wildman–Crippen LogP) is 2.57. The molecule has 0 aromatic heterocycles. The summed E-state index contributed by atoms with van der Waals surface area (Å²) in [7, 11) is 1.19. The van der Waals surface area contributed by atoms with Crippen LogP contribution in [-0.4, -0.2) is 30.8 Å².